The van der Waals surface area contributed by atoms with Crippen LogP contribution < -0.4 is 0 Å². The predicted octanol–water partition coefficient (Wildman–Crippen LogP) is 6.97. The molecular weight excluding hydrogens is 668 g/mol. The highest BCUT2D eigenvalue weighted by molar-refractivity contribution is 5.30. The predicted molar refractivity (Wildman–Crippen MR) is 152 cm³/mol. The fourth-order valence-electron chi connectivity index (χ4n) is 10.3. The third kappa shape index (κ3) is 5.12. The lowest BCUT2D eigenvalue weighted by atomic mass is 9.59. The van der Waals surface area contributed by atoms with E-state index in [-0.39, 0.29) is 34.8 Å². The fourth-order valence-corrected chi connectivity index (χ4v) is 10.3. The van der Waals surface area contributed by atoms with E-state index in [1.165, 1.54) is 7.05 Å². The topological polar surface area (TPSA) is 86.3 Å². The van der Waals surface area contributed by atoms with Gasteiger partial charge in [0, 0.05) is 55.7 Å². The van der Waals surface area contributed by atoms with Gasteiger partial charge >= 0.3 is 12.4 Å². The van der Waals surface area contributed by atoms with Crippen molar-refractivity contribution in [2.24, 2.45) is 35.5 Å². The zero-order valence-electron chi connectivity index (χ0n) is 28.1. The Bertz CT molecular complexity index is 1420. The number of ether oxygens (including phenoxy) is 4. The highest BCUT2D eigenvalue weighted by Crippen LogP contribution is 2.63. The number of hydrogen-bond acceptors (Lipinski definition) is 10. The van der Waals surface area contributed by atoms with Crippen LogP contribution in [-0.4, -0.2) is 73.0 Å². The second-order valence-corrected chi connectivity index (χ2v) is 15.7. The Hall–Kier alpha value is -1.66. The molecule has 2 unspecified atom stereocenters. The summed E-state index contributed by atoms with van der Waals surface area (Å²) in [5.41, 5.74) is -3.01. The zero-order valence-corrected chi connectivity index (χ0v) is 28.1. The average Bonchev–Trinajstić information content (AvgIpc) is 3.39. The first kappa shape index (κ1) is 34.4. The summed E-state index contributed by atoms with van der Waals surface area (Å²) in [5.74, 6) is -6.88. The quantitative estimate of drug-likeness (QED) is 0.169. The van der Waals surface area contributed by atoms with Gasteiger partial charge in [0.1, 0.15) is 0 Å². The first-order valence-electron chi connectivity index (χ1n) is 17.3. The molecule has 0 aromatic heterocycles. The molecule has 0 aromatic rings. The number of rotatable bonds is 5. The van der Waals surface area contributed by atoms with Gasteiger partial charge in [-0.1, -0.05) is 13.8 Å². The molecule has 0 N–H and O–H groups in total. The van der Waals surface area contributed by atoms with Crippen LogP contribution in [0, 0.1) is 35.5 Å². The Balaban J connectivity index is 1.11. The monoisotopic (exact) mass is 711 g/mol. The molecule has 4 bridgehead atoms. The molecule has 276 valence electrons. The summed E-state index contributed by atoms with van der Waals surface area (Å²) in [6, 6.07) is 0. The van der Waals surface area contributed by atoms with E-state index in [0.717, 1.165) is 5.06 Å². The lowest BCUT2D eigenvalue weighted by Gasteiger charge is -2.57. The first-order chi connectivity index (χ1) is 22.9. The van der Waals surface area contributed by atoms with Crippen molar-refractivity contribution in [3.63, 3.8) is 0 Å². The molecular formula is C33H43F6NO9. The summed E-state index contributed by atoms with van der Waals surface area (Å²) >= 11 is 0. The second kappa shape index (κ2) is 11.2. The van der Waals surface area contributed by atoms with Gasteiger partial charge in [-0.05, 0) is 69.8 Å². The lowest BCUT2D eigenvalue weighted by molar-refractivity contribution is -0.558. The van der Waals surface area contributed by atoms with Crippen molar-refractivity contribution in [1.29, 1.82) is 0 Å². The largest absolute Gasteiger partial charge is 0.456 e. The number of halogens is 6. The number of likely N-dealkylation sites (N-methyl/N-ethyl adjacent to an activating group) is 1. The molecule has 49 heavy (non-hydrogen) atoms. The smallest absolute Gasteiger partial charge is 0.449 e. The number of allylic oxidation sites excluding steroid dienone is 2. The van der Waals surface area contributed by atoms with Crippen LogP contribution in [-0.2, 0) is 43.3 Å². The van der Waals surface area contributed by atoms with E-state index in [9.17, 15) is 26.3 Å². The minimum atomic E-state index is -4.90. The van der Waals surface area contributed by atoms with Crippen LogP contribution in [0.4, 0.5) is 26.3 Å². The highest BCUT2D eigenvalue weighted by atomic mass is 19.4. The summed E-state index contributed by atoms with van der Waals surface area (Å²) < 4.78 is 112. The minimum absolute atomic E-state index is 0.0911. The molecule has 0 amide bonds. The summed E-state index contributed by atoms with van der Waals surface area (Å²) in [4.78, 5) is 29.4. The summed E-state index contributed by atoms with van der Waals surface area (Å²) in [6.07, 6.45) is -8.56. The van der Waals surface area contributed by atoms with Crippen LogP contribution in [0.15, 0.2) is 22.7 Å². The molecule has 0 radical (unpaired) electrons. The van der Waals surface area contributed by atoms with Crippen molar-refractivity contribution < 1.29 is 69.7 Å². The van der Waals surface area contributed by atoms with E-state index in [1.807, 2.05) is 13.8 Å². The molecule has 6 saturated heterocycles. The maximum absolute atomic E-state index is 14.7. The molecule has 10 rings (SSSR count). The molecule has 0 aromatic carbocycles. The lowest BCUT2D eigenvalue weighted by Crippen LogP contribution is -2.68. The third-order valence-corrected chi connectivity index (χ3v) is 12.7. The van der Waals surface area contributed by atoms with Gasteiger partial charge in [0.05, 0.1) is 6.61 Å². The highest BCUT2D eigenvalue weighted by Gasteiger charge is 2.72. The van der Waals surface area contributed by atoms with Gasteiger partial charge in [0.2, 0.25) is 35.7 Å². The van der Waals surface area contributed by atoms with E-state index in [0.29, 0.717) is 51.4 Å². The molecule has 10 aliphatic rings. The SMILES string of the molecule is C[C@@H]1CC[C@H]2C(CN(C)OCC3=C(C(F)(F)F)O[C@@H]4O[C@]5(C)CCC6[C@H](C)CC[C@@H]3[C@]64OO5)=C(C(F)(F)F)O[C@@H]3O[C@@]4(C)CCC1[C@]32OO4. The molecule has 8 heterocycles. The molecule has 2 aliphatic carbocycles. The maximum Gasteiger partial charge on any atom is 0.449 e. The van der Waals surface area contributed by atoms with Crippen molar-refractivity contribution in [1.82, 2.24) is 5.06 Å². The van der Waals surface area contributed by atoms with Gasteiger partial charge in [-0.25, -0.2) is 19.6 Å². The van der Waals surface area contributed by atoms with Crippen molar-refractivity contribution in [2.45, 2.75) is 127 Å². The van der Waals surface area contributed by atoms with Gasteiger partial charge in [-0.2, -0.15) is 31.4 Å². The Kier molecular flexibility index (Phi) is 7.85. The van der Waals surface area contributed by atoms with Gasteiger partial charge in [0.25, 0.3) is 0 Å². The second-order valence-electron chi connectivity index (χ2n) is 15.7. The molecule has 16 heteroatoms. The number of hydroxylamine groups is 2. The fraction of sp³-hybridized carbons (Fsp3) is 0.879. The Morgan fingerprint density at radius 3 is 1.59 bits per heavy atom. The van der Waals surface area contributed by atoms with E-state index in [4.69, 9.17) is 43.3 Å². The zero-order chi connectivity index (χ0) is 34.9. The Morgan fingerprint density at radius 1 is 0.673 bits per heavy atom. The van der Waals surface area contributed by atoms with Crippen LogP contribution in [0.5, 0.6) is 0 Å². The van der Waals surface area contributed by atoms with Crippen LogP contribution >= 0.6 is 0 Å². The van der Waals surface area contributed by atoms with Crippen molar-refractivity contribution >= 4 is 0 Å². The van der Waals surface area contributed by atoms with Crippen molar-refractivity contribution in [3.05, 3.63) is 22.7 Å². The molecule has 8 fully saturated rings. The van der Waals surface area contributed by atoms with E-state index < -0.39 is 84.2 Å². The van der Waals surface area contributed by atoms with Crippen LogP contribution in [0.25, 0.3) is 0 Å². The number of nitrogens with zero attached hydrogens (tertiary/aromatic N) is 1. The summed E-state index contributed by atoms with van der Waals surface area (Å²) in [6.45, 7) is 6.27. The Labute approximate surface area is 280 Å². The first-order valence-corrected chi connectivity index (χ1v) is 17.3. The van der Waals surface area contributed by atoms with E-state index in [1.54, 1.807) is 13.8 Å². The van der Waals surface area contributed by atoms with Crippen LogP contribution in [0.1, 0.15) is 79.1 Å². The summed E-state index contributed by atoms with van der Waals surface area (Å²) in [7, 11) is 1.39. The minimum Gasteiger partial charge on any atom is -0.456 e. The van der Waals surface area contributed by atoms with Crippen LogP contribution in [0.3, 0.4) is 0 Å². The van der Waals surface area contributed by atoms with Gasteiger partial charge in [-0.3, -0.25) is 4.84 Å². The molecule has 10 nitrogen and oxygen atoms in total. The van der Waals surface area contributed by atoms with E-state index in [2.05, 4.69) is 0 Å². The third-order valence-electron chi connectivity index (χ3n) is 12.7. The van der Waals surface area contributed by atoms with Gasteiger partial charge in [0.15, 0.2) is 11.2 Å². The number of alkyl halides is 6. The number of hydrogen-bond donors (Lipinski definition) is 0. The molecule has 12 atom stereocenters. The normalized spacial score (nSPS) is 47.7. The van der Waals surface area contributed by atoms with E-state index >= 15 is 0 Å². The van der Waals surface area contributed by atoms with Gasteiger partial charge in [-0.15, -0.1) is 0 Å². The van der Waals surface area contributed by atoms with Crippen LogP contribution in [0.2, 0.25) is 0 Å². The standard InChI is InChI=1S/C33H43F6NO9/c1-16-6-8-22-18(24(32(34,35)36)42-26-30(22)20(16)10-12-28(3,44-26)46-48-30)14-40(5)41-15-19-23-9-7-17(2)21-11-13-29(4)45-27(31(21,23)49-47-29)43-25(19)33(37,38)39/h16-17,20-23,26-27H,6-15H2,1-5H3/t16-,17-,20?,21?,22+,23+,26-,27-,28-,29+,30-,31-/m1/s1. The number of fused-ring (bicyclic) bond motifs is 4. The van der Waals surface area contributed by atoms with Crippen molar-refractivity contribution in [3.8, 4) is 0 Å². The molecule has 2 spiro atoms. The molecule has 2 saturated carbocycles. The average molecular weight is 712 g/mol. The summed E-state index contributed by atoms with van der Waals surface area (Å²) in [5, 5.41) is 1.12. The van der Waals surface area contributed by atoms with Crippen molar-refractivity contribution in [2.75, 3.05) is 20.2 Å². The Morgan fingerprint density at radius 2 is 1.12 bits per heavy atom. The van der Waals surface area contributed by atoms with Gasteiger partial charge < -0.3 is 18.9 Å². The maximum atomic E-state index is 14.7. The molecule has 8 aliphatic heterocycles.